The maximum Gasteiger partial charge on any atom is 0.358 e. The zero-order chi connectivity index (χ0) is 13.5. The summed E-state index contributed by atoms with van der Waals surface area (Å²) in [7, 11) is 1.22. The molecule has 1 heterocycles. The van der Waals surface area contributed by atoms with E-state index in [0.717, 1.165) is 0 Å². The molecule has 0 spiro atoms. The molecule has 0 fully saturated rings. The Morgan fingerprint density at radius 2 is 2.33 bits per heavy atom. The first-order chi connectivity index (χ1) is 8.58. The molecule has 0 aliphatic heterocycles. The van der Waals surface area contributed by atoms with E-state index in [2.05, 4.69) is 26.6 Å². The third kappa shape index (κ3) is 3.55. The van der Waals surface area contributed by atoms with Crippen LogP contribution in [0.3, 0.4) is 0 Å². The zero-order valence-electron chi connectivity index (χ0n) is 9.79. The van der Waals surface area contributed by atoms with E-state index < -0.39 is 18.0 Å². The van der Waals surface area contributed by atoms with Crippen LogP contribution in [-0.2, 0) is 9.53 Å². The normalized spacial score (nSPS) is 11.4. The molecule has 2 N–H and O–H groups in total. The number of anilines is 1. The third-order valence-corrected chi connectivity index (χ3v) is 2.05. The predicted molar refractivity (Wildman–Crippen MR) is 63.2 cm³/mol. The Bertz CT molecular complexity index is 461. The first-order valence-electron chi connectivity index (χ1n) is 5.09. The number of aromatic nitrogens is 2. The SMILES string of the molecule is C=CCC(Nc1cncc(C(=O)OC)n1)C(=O)O. The molecule has 0 saturated carbocycles. The second-order valence-corrected chi connectivity index (χ2v) is 3.34. The van der Waals surface area contributed by atoms with Gasteiger partial charge in [0.05, 0.1) is 19.5 Å². The summed E-state index contributed by atoms with van der Waals surface area (Å²) in [4.78, 5) is 29.8. The number of carbonyl (C=O) groups is 2. The van der Waals surface area contributed by atoms with Crippen molar-refractivity contribution in [1.82, 2.24) is 9.97 Å². The maximum absolute atomic E-state index is 11.2. The lowest BCUT2D eigenvalue weighted by molar-refractivity contribution is -0.137. The molecule has 0 radical (unpaired) electrons. The van der Waals surface area contributed by atoms with Gasteiger partial charge in [-0.05, 0) is 6.42 Å². The van der Waals surface area contributed by atoms with Crippen molar-refractivity contribution in [1.29, 1.82) is 0 Å². The second-order valence-electron chi connectivity index (χ2n) is 3.34. The van der Waals surface area contributed by atoms with Crippen molar-refractivity contribution in [2.24, 2.45) is 0 Å². The summed E-state index contributed by atoms with van der Waals surface area (Å²) in [5.41, 5.74) is 0.00485. The van der Waals surface area contributed by atoms with Gasteiger partial charge in [0.1, 0.15) is 11.9 Å². The summed E-state index contributed by atoms with van der Waals surface area (Å²) in [5.74, 6) is -1.49. The van der Waals surface area contributed by atoms with Gasteiger partial charge in [-0.15, -0.1) is 6.58 Å². The number of nitrogens with zero attached hydrogens (tertiary/aromatic N) is 2. The van der Waals surface area contributed by atoms with Crippen molar-refractivity contribution in [2.45, 2.75) is 12.5 Å². The van der Waals surface area contributed by atoms with Crippen LogP contribution in [0.25, 0.3) is 0 Å². The largest absolute Gasteiger partial charge is 0.480 e. The number of aliphatic carboxylic acids is 1. The highest BCUT2D eigenvalue weighted by Crippen LogP contribution is 2.07. The van der Waals surface area contributed by atoms with Crippen LogP contribution in [0.4, 0.5) is 5.82 Å². The molecule has 0 aromatic carbocycles. The number of esters is 1. The Morgan fingerprint density at radius 1 is 1.61 bits per heavy atom. The fourth-order valence-electron chi connectivity index (χ4n) is 1.21. The minimum absolute atomic E-state index is 0.00485. The van der Waals surface area contributed by atoms with E-state index in [1.165, 1.54) is 25.6 Å². The van der Waals surface area contributed by atoms with E-state index in [0.29, 0.717) is 0 Å². The van der Waals surface area contributed by atoms with Gasteiger partial charge >= 0.3 is 11.9 Å². The summed E-state index contributed by atoms with van der Waals surface area (Å²) in [6, 6.07) is -0.871. The molecule has 1 unspecified atom stereocenters. The average Bonchev–Trinajstić information content (AvgIpc) is 2.37. The Balaban J connectivity index is 2.86. The molecule has 1 aromatic rings. The van der Waals surface area contributed by atoms with E-state index in [-0.39, 0.29) is 17.9 Å². The monoisotopic (exact) mass is 251 g/mol. The summed E-state index contributed by atoms with van der Waals surface area (Å²) in [5, 5.41) is 11.6. The van der Waals surface area contributed by atoms with E-state index in [1.807, 2.05) is 0 Å². The summed E-state index contributed by atoms with van der Waals surface area (Å²) in [6.45, 7) is 3.47. The molecule has 7 nitrogen and oxygen atoms in total. The number of ether oxygens (including phenoxy) is 1. The van der Waals surface area contributed by atoms with Crippen LogP contribution in [0.1, 0.15) is 16.9 Å². The average molecular weight is 251 g/mol. The quantitative estimate of drug-likeness (QED) is 0.567. The number of hydrogen-bond acceptors (Lipinski definition) is 6. The van der Waals surface area contributed by atoms with Crippen LogP contribution < -0.4 is 5.32 Å². The zero-order valence-corrected chi connectivity index (χ0v) is 9.79. The number of methoxy groups -OCH3 is 1. The van der Waals surface area contributed by atoms with Gasteiger partial charge in [-0.2, -0.15) is 0 Å². The topological polar surface area (TPSA) is 101 Å². The second kappa shape index (κ2) is 6.33. The van der Waals surface area contributed by atoms with Gasteiger partial charge < -0.3 is 15.2 Å². The number of nitrogens with one attached hydrogen (secondary N) is 1. The number of hydrogen-bond donors (Lipinski definition) is 2. The first-order valence-corrected chi connectivity index (χ1v) is 5.09. The summed E-state index contributed by atoms with van der Waals surface area (Å²) in [6.07, 6.45) is 4.26. The van der Waals surface area contributed by atoms with Crippen LogP contribution in [0.2, 0.25) is 0 Å². The van der Waals surface area contributed by atoms with E-state index in [4.69, 9.17) is 5.11 Å². The van der Waals surface area contributed by atoms with Crippen molar-refractivity contribution in [3.63, 3.8) is 0 Å². The molecule has 0 aliphatic carbocycles. The molecular formula is C11H13N3O4. The van der Waals surface area contributed by atoms with Gasteiger partial charge in [0, 0.05) is 0 Å². The lowest BCUT2D eigenvalue weighted by Crippen LogP contribution is -2.29. The Hall–Kier alpha value is -2.44. The van der Waals surface area contributed by atoms with Crippen LogP contribution >= 0.6 is 0 Å². The molecule has 0 saturated heterocycles. The van der Waals surface area contributed by atoms with Crippen LogP contribution in [0.5, 0.6) is 0 Å². The van der Waals surface area contributed by atoms with Crippen molar-refractivity contribution in [3.8, 4) is 0 Å². The smallest absolute Gasteiger partial charge is 0.358 e. The molecular weight excluding hydrogens is 238 g/mol. The molecule has 18 heavy (non-hydrogen) atoms. The lowest BCUT2D eigenvalue weighted by Gasteiger charge is -2.12. The van der Waals surface area contributed by atoms with Gasteiger partial charge in [0.2, 0.25) is 0 Å². The standard InChI is InChI=1S/C11H13N3O4/c1-3-4-7(10(15)16)13-9-6-12-5-8(14-9)11(17)18-2/h3,5-7H,1,4H2,2H3,(H,13,14)(H,15,16). The Labute approximate surface area is 104 Å². The van der Waals surface area contributed by atoms with Crippen LogP contribution in [0, 0.1) is 0 Å². The van der Waals surface area contributed by atoms with Crippen molar-refractivity contribution < 1.29 is 19.4 Å². The van der Waals surface area contributed by atoms with E-state index >= 15 is 0 Å². The van der Waals surface area contributed by atoms with E-state index in [1.54, 1.807) is 0 Å². The fraction of sp³-hybridized carbons (Fsp3) is 0.273. The highest BCUT2D eigenvalue weighted by atomic mass is 16.5. The number of rotatable bonds is 6. The van der Waals surface area contributed by atoms with E-state index in [9.17, 15) is 9.59 Å². The molecule has 0 aliphatic rings. The molecule has 1 atom stereocenters. The highest BCUT2D eigenvalue weighted by Gasteiger charge is 2.17. The number of carboxylic acid groups (broad SMARTS) is 1. The molecule has 0 amide bonds. The first kappa shape index (κ1) is 13.6. The minimum atomic E-state index is -1.04. The van der Waals surface area contributed by atoms with Gasteiger partial charge in [0.25, 0.3) is 0 Å². The minimum Gasteiger partial charge on any atom is -0.480 e. The fourth-order valence-corrected chi connectivity index (χ4v) is 1.21. The molecule has 1 rings (SSSR count). The van der Waals surface area contributed by atoms with Gasteiger partial charge in [-0.25, -0.2) is 14.6 Å². The Kier molecular flexibility index (Phi) is 4.79. The third-order valence-electron chi connectivity index (χ3n) is 2.05. The summed E-state index contributed by atoms with van der Waals surface area (Å²) >= 11 is 0. The molecule has 7 heteroatoms. The van der Waals surface area contributed by atoms with Crippen LogP contribution in [0.15, 0.2) is 25.0 Å². The van der Waals surface area contributed by atoms with Gasteiger partial charge in [0.15, 0.2) is 5.69 Å². The highest BCUT2D eigenvalue weighted by molar-refractivity contribution is 5.87. The number of carbonyl (C=O) groups excluding carboxylic acids is 1. The predicted octanol–water partition coefficient (Wildman–Crippen LogP) is 0.704. The molecule has 0 bridgehead atoms. The molecule has 1 aromatic heterocycles. The Morgan fingerprint density at radius 3 is 2.89 bits per heavy atom. The number of carboxylic acids is 1. The van der Waals surface area contributed by atoms with Crippen molar-refractivity contribution in [3.05, 3.63) is 30.7 Å². The lowest BCUT2D eigenvalue weighted by atomic mass is 10.2. The van der Waals surface area contributed by atoms with Gasteiger partial charge in [-0.3, -0.25) is 4.98 Å². The summed E-state index contributed by atoms with van der Waals surface area (Å²) < 4.78 is 4.49. The molecule has 96 valence electrons. The van der Waals surface area contributed by atoms with Crippen LogP contribution in [-0.4, -0.2) is 40.2 Å². The van der Waals surface area contributed by atoms with Crippen molar-refractivity contribution >= 4 is 17.8 Å². The van der Waals surface area contributed by atoms with Gasteiger partial charge in [-0.1, -0.05) is 6.08 Å². The maximum atomic E-state index is 11.2. The van der Waals surface area contributed by atoms with Crippen molar-refractivity contribution in [2.75, 3.05) is 12.4 Å².